The second kappa shape index (κ2) is 22.5. The van der Waals surface area contributed by atoms with Crippen molar-refractivity contribution in [2.45, 2.75) is 12.8 Å². The Morgan fingerprint density at radius 1 is 0.607 bits per heavy atom. The average Bonchev–Trinajstić information content (AvgIpc) is 2.72. The molecular weight excluding hydrogens is 408 g/mol. The smallest absolute Gasteiger partial charge is 0.0000541 e. The molecule has 0 spiro atoms. The molecule has 3 atom stereocenters. The van der Waals surface area contributed by atoms with Crippen molar-refractivity contribution in [2.75, 3.05) is 89.8 Å². The zero-order valence-electron chi connectivity index (χ0n) is 17.8. The normalized spacial score (nSPS) is 14.9. The third kappa shape index (κ3) is 17.7. The molecule has 0 aromatic heterocycles. The van der Waals surface area contributed by atoms with Crippen LogP contribution in [0.2, 0.25) is 0 Å². The van der Waals surface area contributed by atoms with Gasteiger partial charge in [-0.1, -0.05) is 0 Å². The lowest BCUT2D eigenvalue weighted by molar-refractivity contribution is 0.457. The fourth-order valence-electron chi connectivity index (χ4n) is 2.82. The number of nitrogens with two attached hydrogens (primary N) is 1. The molecule has 0 aliphatic rings. The number of nitrogens with one attached hydrogen (secondary N) is 5. The van der Waals surface area contributed by atoms with Crippen LogP contribution in [0.1, 0.15) is 12.8 Å². The van der Waals surface area contributed by atoms with Crippen LogP contribution in [0.25, 0.3) is 0 Å². The molecule has 0 aromatic rings. The Balaban J connectivity index is 3.49. The minimum atomic E-state index is 0.476. The second-order valence-electron chi connectivity index (χ2n) is 7.46. The number of thiol groups is 3. The highest BCUT2D eigenvalue weighted by Gasteiger charge is 2.07. The maximum absolute atomic E-state index is 5.67. The van der Waals surface area contributed by atoms with E-state index in [1.807, 2.05) is 7.05 Å². The molecule has 0 radical (unpaired) electrons. The molecule has 7 N–H and O–H groups in total. The second-order valence-corrected chi connectivity index (χ2v) is 8.56. The predicted octanol–water partition coefficient (Wildman–Crippen LogP) is -0.0589. The quantitative estimate of drug-likeness (QED) is 0.0842. The molecule has 0 aliphatic carbocycles. The van der Waals surface area contributed by atoms with Crippen LogP contribution in [0.5, 0.6) is 0 Å². The number of hydrogen-bond donors (Lipinski definition) is 9. The molecule has 0 aromatic carbocycles. The molecule has 0 saturated carbocycles. The van der Waals surface area contributed by atoms with Crippen molar-refractivity contribution in [1.29, 1.82) is 0 Å². The van der Waals surface area contributed by atoms with Crippen LogP contribution < -0.4 is 32.3 Å². The molecule has 28 heavy (non-hydrogen) atoms. The Morgan fingerprint density at radius 2 is 0.964 bits per heavy atom. The molecule has 3 unspecified atom stereocenters. The highest BCUT2D eigenvalue weighted by Crippen LogP contribution is 1.97. The summed E-state index contributed by atoms with van der Waals surface area (Å²) in [7, 11) is 1.99. The van der Waals surface area contributed by atoms with Crippen LogP contribution in [0.15, 0.2) is 0 Å². The third-order valence-electron chi connectivity index (χ3n) is 4.75. The monoisotopic (exact) mass is 454 g/mol. The Hall–Kier alpha value is 0.810. The van der Waals surface area contributed by atoms with Crippen LogP contribution >= 0.6 is 37.9 Å². The number of rotatable bonds is 22. The first-order chi connectivity index (χ1) is 13.7. The van der Waals surface area contributed by atoms with E-state index in [9.17, 15) is 0 Å². The molecule has 6 nitrogen and oxygen atoms in total. The summed E-state index contributed by atoms with van der Waals surface area (Å²) in [4.78, 5) is 0. The topological polar surface area (TPSA) is 86.2 Å². The summed E-state index contributed by atoms with van der Waals surface area (Å²) < 4.78 is 0. The molecule has 9 heteroatoms. The van der Waals surface area contributed by atoms with Gasteiger partial charge in [-0.05, 0) is 120 Å². The molecule has 0 aliphatic heterocycles. The minimum absolute atomic E-state index is 0.476. The van der Waals surface area contributed by atoms with E-state index in [1.165, 1.54) is 0 Å². The van der Waals surface area contributed by atoms with E-state index in [-0.39, 0.29) is 0 Å². The van der Waals surface area contributed by atoms with Crippen molar-refractivity contribution in [3.05, 3.63) is 0 Å². The molecule has 0 saturated heterocycles. The Morgan fingerprint density at radius 3 is 1.29 bits per heavy atom. The van der Waals surface area contributed by atoms with Crippen molar-refractivity contribution in [3.8, 4) is 0 Å². The van der Waals surface area contributed by atoms with E-state index in [0.717, 1.165) is 89.0 Å². The fourth-order valence-corrected chi connectivity index (χ4v) is 3.61. The summed E-state index contributed by atoms with van der Waals surface area (Å²) in [6, 6.07) is 0. The number of hydrogen-bond acceptors (Lipinski definition) is 9. The van der Waals surface area contributed by atoms with Gasteiger partial charge < -0.3 is 32.3 Å². The predicted molar refractivity (Wildman–Crippen MR) is 136 cm³/mol. The lowest BCUT2D eigenvalue weighted by Crippen LogP contribution is -2.35. The molecule has 0 bridgehead atoms. The summed E-state index contributed by atoms with van der Waals surface area (Å²) in [6.07, 6.45) is 2.27. The fraction of sp³-hybridized carbons (Fsp3) is 1.00. The van der Waals surface area contributed by atoms with Gasteiger partial charge in [0.2, 0.25) is 0 Å². The first kappa shape index (κ1) is 28.8. The van der Waals surface area contributed by atoms with Crippen LogP contribution in [-0.4, -0.2) is 89.8 Å². The van der Waals surface area contributed by atoms with Gasteiger partial charge in [0, 0.05) is 0 Å². The molecule has 0 amide bonds. The van der Waals surface area contributed by atoms with E-state index >= 15 is 0 Å². The third-order valence-corrected chi connectivity index (χ3v) is 6.30. The van der Waals surface area contributed by atoms with Gasteiger partial charge in [-0.25, -0.2) is 0 Å². The molecular formula is C19H46N6S3. The molecule has 0 rings (SSSR count). The van der Waals surface area contributed by atoms with E-state index in [2.05, 4.69) is 64.5 Å². The van der Waals surface area contributed by atoms with Gasteiger partial charge in [0.1, 0.15) is 0 Å². The zero-order valence-corrected chi connectivity index (χ0v) is 20.4. The lowest BCUT2D eigenvalue weighted by Gasteiger charge is -2.17. The summed E-state index contributed by atoms with van der Waals surface area (Å²) >= 11 is 13.2. The van der Waals surface area contributed by atoms with Gasteiger partial charge in [-0.2, -0.15) is 37.9 Å². The van der Waals surface area contributed by atoms with Gasteiger partial charge in [-0.3, -0.25) is 0 Å². The van der Waals surface area contributed by atoms with Gasteiger partial charge in [0.15, 0.2) is 0 Å². The van der Waals surface area contributed by atoms with E-state index in [1.54, 1.807) is 0 Å². The standard InChI is InChI=1S/C19H46N6S3/c1-21-9-18(15-27)11-23-5-3-7-25-13-19(16-28)12-24-6-2-4-22-10-17(8-20)14-26/h17-19,21-28H,2-16,20H2,1H3. The van der Waals surface area contributed by atoms with Crippen LogP contribution in [-0.2, 0) is 0 Å². The molecule has 0 fully saturated rings. The van der Waals surface area contributed by atoms with Crippen molar-refractivity contribution in [2.24, 2.45) is 23.5 Å². The van der Waals surface area contributed by atoms with Crippen molar-refractivity contribution >= 4 is 37.9 Å². The van der Waals surface area contributed by atoms with E-state index in [4.69, 9.17) is 5.73 Å². The summed E-state index contributed by atoms with van der Waals surface area (Å²) in [5.41, 5.74) is 5.67. The SMILES string of the molecule is CNCC(CS)CNCCCNCC(CS)CNCCCNCC(CN)CS. The zero-order chi connectivity index (χ0) is 20.9. The Kier molecular flexibility index (Phi) is 23.1. The van der Waals surface area contributed by atoms with Gasteiger partial charge >= 0.3 is 0 Å². The first-order valence-electron chi connectivity index (χ1n) is 10.7. The lowest BCUT2D eigenvalue weighted by atomic mass is 10.1. The molecule has 170 valence electrons. The minimum Gasteiger partial charge on any atom is -0.330 e. The van der Waals surface area contributed by atoms with Gasteiger partial charge in [0.25, 0.3) is 0 Å². The van der Waals surface area contributed by atoms with Crippen LogP contribution in [0.3, 0.4) is 0 Å². The van der Waals surface area contributed by atoms with E-state index in [0.29, 0.717) is 24.3 Å². The van der Waals surface area contributed by atoms with Crippen LogP contribution in [0.4, 0.5) is 0 Å². The summed E-state index contributed by atoms with van der Waals surface area (Å²) in [6.45, 7) is 9.91. The first-order valence-corrected chi connectivity index (χ1v) is 12.6. The maximum Gasteiger partial charge on any atom is -0.0000541 e. The molecule has 0 heterocycles. The Labute approximate surface area is 190 Å². The van der Waals surface area contributed by atoms with Crippen molar-refractivity contribution < 1.29 is 0 Å². The summed E-state index contributed by atoms with van der Waals surface area (Å²) in [5.74, 6) is 4.32. The van der Waals surface area contributed by atoms with Crippen LogP contribution in [0, 0.1) is 17.8 Å². The van der Waals surface area contributed by atoms with Crippen molar-refractivity contribution in [3.63, 3.8) is 0 Å². The van der Waals surface area contributed by atoms with Gasteiger partial charge in [-0.15, -0.1) is 0 Å². The van der Waals surface area contributed by atoms with Gasteiger partial charge in [0.05, 0.1) is 0 Å². The maximum atomic E-state index is 5.67. The largest absolute Gasteiger partial charge is 0.330 e. The highest BCUT2D eigenvalue weighted by molar-refractivity contribution is 7.80. The highest BCUT2D eigenvalue weighted by atomic mass is 32.1. The average molecular weight is 455 g/mol. The van der Waals surface area contributed by atoms with Crippen molar-refractivity contribution in [1.82, 2.24) is 26.6 Å². The van der Waals surface area contributed by atoms with E-state index < -0.39 is 0 Å². The Bertz CT molecular complexity index is 311. The summed E-state index contributed by atoms with van der Waals surface area (Å²) in [5, 5.41) is 17.3.